The second-order valence-electron chi connectivity index (χ2n) is 12.8. The van der Waals surface area contributed by atoms with Crippen LogP contribution in [0.5, 0.6) is 0 Å². The van der Waals surface area contributed by atoms with Gasteiger partial charge < -0.3 is 10.3 Å². The fourth-order valence-electron chi connectivity index (χ4n) is 8.58. The Balaban J connectivity index is 1.17. The highest BCUT2D eigenvalue weighted by Crippen LogP contribution is 2.60. The monoisotopic (exact) mass is 562 g/mol. The number of carbonyl (C=O) groups is 4. The van der Waals surface area contributed by atoms with Crippen molar-refractivity contribution in [3.8, 4) is 5.69 Å². The number of urea groups is 1. The van der Waals surface area contributed by atoms with Crippen LogP contribution in [0.3, 0.4) is 0 Å². The summed E-state index contributed by atoms with van der Waals surface area (Å²) in [6, 6.07) is 15.9. The molecule has 8 heteroatoms. The first kappa shape index (κ1) is 26.4. The molecule has 0 radical (unpaired) electrons. The molecule has 3 N–H and O–H groups in total. The average molecular weight is 563 g/mol. The molecule has 5 fully saturated rings. The van der Waals surface area contributed by atoms with Gasteiger partial charge in [-0.25, -0.2) is 9.69 Å². The van der Waals surface area contributed by atoms with Gasteiger partial charge in [-0.05, 0) is 135 Å². The van der Waals surface area contributed by atoms with Crippen LogP contribution in [0.25, 0.3) is 11.8 Å². The molecule has 4 aliphatic carbocycles. The maximum Gasteiger partial charge on any atom is 0.335 e. The lowest BCUT2D eigenvalue weighted by Gasteiger charge is -2.57. The van der Waals surface area contributed by atoms with Crippen molar-refractivity contribution in [2.45, 2.75) is 57.8 Å². The minimum atomic E-state index is -0.746. The molecule has 0 spiro atoms. The summed E-state index contributed by atoms with van der Waals surface area (Å²) in [4.78, 5) is 52.0. The zero-order valence-corrected chi connectivity index (χ0v) is 23.9. The van der Waals surface area contributed by atoms with Crippen molar-refractivity contribution in [2.24, 2.45) is 23.5 Å². The number of primary amides is 1. The molecule has 8 rings (SSSR count). The van der Waals surface area contributed by atoms with E-state index in [-0.39, 0.29) is 11.0 Å². The third-order valence-electron chi connectivity index (χ3n) is 10.1. The zero-order chi connectivity index (χ0) is 29.3. The Labute approximate surface area is 244 Å². The summed E-state index contributed by atoms with van der Waals surface area (Å²) in [7, 11) is 0. The third-order valence-corrected chi connectivity index (χ3v) is 10.1. The molecule has 1 saturated heterocycles. The highest BCUT2D eigenvalue weighted by atomic mass is 16.2. The van der Waals surface area contributed by atoms with Crippen LogP contribution in [0.4, 0.5) is 10.5 Å². The van der Waals surface area contributed by atoms with Gasteiger partial charge in [0.1, 0.15) is 5.57 Å². The number of aryl methyl sites for hydroxylation is 1. The van der Waals surface area contributed by atoms with Crippen LogP contribution in [-0.4, -0.2) is 28.3 Å². The van der Waals surface area contributed by atoms with Crippen molar-refractivity contribution in [1.82, 2.24) is 9.88 Å². The van der Waals surface area contributed by atoms with E-state index < -0.39 is 23.8 Å². The molecule has 4 bridgehead atoms. The van der Waals surface area contributed by atoms with E-state index in [9.17, 15) is 19.2 Å². The highest BCUT2D eigenvalue weighted by molar-refractivity contribution is 6.39. The Morgan fingerprint density at radius 1 is 0.881 bits per heavy atom. The first-order valence-electron chi connectivity index (χ1n) is 14.7. The van der Waals surface area contributed by atoms with Crippen molar-refractivity contribution >= 4 is 35.5 Å². The fourth-order valence-corrected chi connectivity index (χ4v) is 8.58. The number of amides is 5. The Morgan fingerprint density at radius 2 is 1.45 bits per heavy atom. The van der Waals surface area contributed by atoms with Gasteiger partial charge in [0.05, 0.1) is 5.69 Å². The maximum absolute atomic E-state index is 13.7. The van der Waals surface area contributed by atoms with Crippen LogP contribution in [-0.2, 0) is 15.0 Å². The standard InChI is InChI=1S/C34H34N4O4/c1-19-11-25(20(2)37(19)27-7-3-24(4-8-27)30(35)39)15-29-31(40)36-33(42)38(32(29)41)28-9-5-26(6-10-28)34-16-21-12-22(17-34)14-23(13-21)18-34/h3-11,15,21-23H,12-14,16-18H2,1-2H3,(H2,35,39)(H,36,40,42)/b29-15+. The number of rotatable bonds is 5. The zero-order valence-electron chi connectivity index (χ0n) is 23.9. The summed E-state index contributed by atoms with van der Waals surface area (Å²) >= 11 is 0. The Morgan fingerprint density at radius 3 is 2.02 bits per heavy atom. The summed E-state index contributed by atoms with van der Waals surface area (Å²) in [5, 5.41) is 2.35. The van der Waals surface area contributed by atoms with E-state index in [0.29, 0.717) is 16.8 Å². The molecular weight excluding hydrogens is 528 g/mol. The Bertz CT molecular complexity index is 1640. The van der Waals surface area contributed by atoms with Gasteiger partial charge in [-0.15, -0.1) is 0 Å². The number of barbiturate groups is 1. The summed E-state index contributed by atoms with van der Waals surface area (Å²) in [6.07, 6.45) is 9.34. The predicted octanol–water partition coefficient (Wildman–Crippen LogP) is 5.33. The molecule has 214 valence electrons. The van der Waals surface area contributed by atoms with Crippen LogP contribution >= 0.6 is 0 Å². The van der Waals surface area contributed by atoms with Gasteiger partial charge in [0.15, 0.2) is 0 Å². The number of nitrogens with two attached hydrogens (primary N) is 1. The number of nitrogens with zero attached hydrogens (tertiary/aromatic N) is 2. The molecule has 8 nitrogen and oxygen atoms in total. The van der Waals surface area contributed by atoms with E-state index in [1.165, 1.54) is 50.2 Å². The third kappa shape index (κ3) is 4.19. The molecule has 2 heterocycles. The van der Waals surface area contributed by atoms with Crippen LogP contribution < -0.4 is 16.0 Å². The van der Waals surface area contributed by atoms with E-state index in [1.807, 2.05) is 36.6 Å². The molecule has 42 heavy (non-hydrogen) atoms. The summed E-state index contributed by atoms with van der Waals surface area (Å²) in [5.74, 6) is 0.585. The average Bonchev–Trinajstić information content (AvgIpc) is 3.22. The molecule has 4 saturated carbocycles. The van der Waals surface area contributed by atoms with E-state index in [1.54, 1.807) is 24.3 Å². The van der Waals surface area contributed by atoms with E-state index in [0.717, 1.165) is 39.7 Å². The molecule has 1 aliphatic heterocycles. The first-order chi connectivity index (χ1) is 20.1. The van der Waals surface area contributed by atoms with Crippen LogP contribution in [0.2, 0.25) is 0 Å². The smallest absolute Gasteiger partial charge is 0.335 e. The van der Waals surface area contributed by atoms with Gasteiger partial charge in [-0.3, -0.25) is 19.7 Å². The number of imide groups is 2. The van der Waals surface area contributed by atoms with Crippen LogP contribution in [0, 0.1) is 31.6 Å². The number of nitrogens with one attached hydrogen (secondary N) is 1. The lowest BCUT2D eigenvalue weighted by Crippen LogP contribution is -2.54. The summed E-state index contributed by atoms with van der Waals surface area (Å²) in [6.45, 7) is 3.81. The number of hydrogen-bond donors (Lipinski definition) is 2. The second kappa shape index (κ2) is 9.54. The second-order valence-corrected chi connectivity index (χ2v) is 12.8. The van der Waals surface area contributed by atoms with Gasteiger partial charge in [-0.1, -0.05) is 12.1 Å². The van der Waals surface area contributed by atoms with Crippen molar-refractivity contribution in [1.29, 1.82) is 0 Å². The topological polar surface area (TPSA) is 114 Å². The largest absolute Gasteiger partial charge is 0.366 e. The summed E-state index contributed by atoms with van der Waals surface area (Å²) < 4.78 is 1.97. The van der Waals surface area contributed by atoms with Crippen LogP contribution in [0.1, 0.15) is 71.4 Å². The van der Waals surface area contributed by atoms with Gasteiger partial charge in [0, 0.05) is 22.6 Å². The molecule has 5 aliphatic rings. The highest BCUT2D eigenvalue weighted by Gasteiger charge is 2.51. The number of anilines is 1. The first-order valence-corrected chi connectivity index (χ1v) is 14.7. The van der Waals surface area contributed by atoms with Crippen molar-refractivity contribution in [2.75, 3.05) is 4.90 Å². The summed E-state index contributed by atoms with van der Waals surface area (Å²) in [5.41, 5.74) is 10.8. The van der Waals surface area contributed by atoms with Crippen molar-refractivity contribution in [3.63, 3.8) is 0 Å². The SMILES string of the molecule is Cc1cc(/C=C2\C(=O)NC(=O)N(c3ccc(C45CC6CC(CC(C6)C4)C5)cc3)C2=O)c(C)n1-c1ccc(C(N)=O)cc1. The number of hydrogen-bond acceptors (Lipinski definition) is 4. The minimum Gasteiger partial charge on any atom is -0.366 e. The Hall–Kier alpha value is -4.46. The van der Waals surface area contributed by atoms with Gasteiger partial charge in [0.2, 0.25) is 5.91 Å². The normalized spacial score (nSPS) is 27.6. The van der Waals surface area contributed by atoms with Crippen LogP contribution in [0.15, 0.2) is 60.2 Å². The predicted molar refractivity (Wildman–Crippen MR) is 159 cm³/mol. The lowest BCUT2D eigenvalue weighted by molar-refractivity contribution is -0.122. The fraction of sp³-hybridized carbons (Fsp3) is 0.353. The molecule has 1 aromatic heterocycles. The maximum atomic E-state index is 13.7. The number of aromatic nitrogens is 1. The van der Waals surface area contributed by atoms with Crippen molar-refractivity contribution < 1.29 is 19.2 Å². The molecular formula is C34H34N4O4. The quantitative estimate of drug-likeness (QED) is 0.323. The van der Waals surface area contributed by atoms with E-state index in [2.05, 4.69) is 17.4 Å². The molecule has 0 unspecified atom stereocenters. The number of carbonyl (C=O) groups excluding carboxylic acids is 4. The van der Waals surface area contributed by atoms with Gasteiger partial charge in [-0.2, -0.15) is 0 Å². The van der Waals surface area contributed by atoms with Gasteiger partial charge in [0.25, 0.3) is 11.8 Å². The van der Waals surface area contributed by atoms with E-state index in [4.69, 9.17) is 5.73 Å². The lowest BCUT2D eigenvalue weighted by atomic mass is 9.48. The molecule has 0 atom stereocenters. The molecule has 5 amide bonds. The van der Waals surface area contributed by atoms with Gasteiger partial charge >= 0.3 is 6.03 Å². The molecule has 3 aromatic rings. The molecule has 2 aromatic carbocycles. The van der Waals surface area contributed by atoms with Crippen molar-refractivity contribution in [3.05, 3.63) is 88.2 Å². The van der Waals surface area contributed by atoms with E-state index >= 15 is 0 Å². The Kier molecular flexibility index (Phi) is 6.01. The number of benzene rings is 2. The minimum absolute atomic E-state index is 0.107.